The van der Waals surface area contributed by atoms with Gasteiger partial charge in [-0.1, -0.05) is 59.6 Å². The quantitative estimate of drug-likeness (QED) is 0.151. The van der Waals surface area contributed by atoms with Crippen LogP contribution in [0.5, 0.6) is 0 Å². The summed E-state index contributed by atoms with van der Waals surface area (Å²) in [6.07, 6.45) is 0. The minimum atomic E-state index is -3.73. The van der Waals surface area contributed by atoms with Crippen molar-refractivity contribution in [3.05, 3.63) is 94.0 Å². The first-order valence-corrected chi connectivity index (χ1v) is 17.1. The van der Waals surface area contributed by atoms with Gasteiger partial charge >= 0.3 is 15.2 Å². The van der Waals surface area contributed by atoms with Crippen LogP contribution in [0.4, 0.5) is 11.4 Å². The van der Waals surface area contributed by atoms with Crippen molar-refractivity contribution in [1.82, 2.24) is 0 Å². The molecule has 0 spiro atoms. The number of benzene rings is 3. The van der Waals surface area contributed by atoms with Gasteiger partial charge in [0.05, 0.1) is 37.8 Å². The topological polar surface area (TPSA) is 95.1 Å². The van der Waals surface area contributed by atoms with Crippen LogP contribution < -0.4 is 10.6 Å². The zero-order valence-corrected chi connectivity index (χ0v) is 26.3. The summed E-state index contributed by atoms with van der Waals surface area (Å²) in [5.74, 6) is -1.80. The molecule has 0 aliphatic rings. The standard InChI is InChI=1S/C28H36Cl2N2O6P2/c1-5-35-39(33,36-6-2)27(21-13-11-15-23(29)19-21)31-25-17-9-10-18-26(25)32-28(22-14-12-16-24(30)20-22)40(34,37-7-3)38-8-4/h9-20,27-28,31-32H,5-8H2,1-4H3. The van der Waals surface area contributed by atoms with Gasteiger partial charge in [-0.15, -0.1) is 0 Å². The van der Waals surface area contributed by atoms with Crippen LogP contribution in [0.1, 0.15) is 50.4 Å². The molecule has 2 N–H and O–H groups in total. The molecule has 0 saturated heterocycles. The lowest BCUT2D eigenvalue weighted by atomic mass is 10.2. The highest BCUT2D eigenvalue weighted by atomic mass is 35.5. The van der Waals surface area contributed by atoms with Gasteiger partial charge in [-0.2, -0.15) is 0 Å². The van der Waals surface area contributed by atoms with E-state index < -0.39 is 26.8 Å². The third kappa shape index (κ3) is 8.34. The fourth-order valence-electron chi connectivity index (χ4n) is 4.17. The maximum atomic E-state index is 14.1. The van der Waals surface area contributed by atoms with E-state index in [9.17, 15) is 9.13 Å². The number of rotatable bonds is 16. The van der Waals surface area contributed by atoms with E-state index >= 15 is 0 Å². The van der Waals surface area contributed by atoms with Gasteiger partial charge in [-0.3, -0.25) is 9.13 Å². The molecule has 3 aromatic rings. The number of para-hydroxylation sites is 2. The van der Waals surface area contributed by atoms with Gasteiger partial charge in [-0.25, -0.2) is 0 Å². The minimum absolute atomic E-state index is 0.179. The second-order valence-corrected chi connectivity index (χ2v) is 13.6. The van der Waals surface area contributed by atoms with Crippen molar-refractivity contribution in [3.8, 4) is 0 Å². The summed E-state index contributed by atoms with van der Waals surface area (Å²) in [6.45, 7) is 7.74. The molecule has 0 aromatic heterocycles. The van der Waals surface area contributed by atoms with Crippen molar-refractivity contribution in [2.24, 2.45) is 0 Å². The first kappa shape index (κ1) is 32.7. The number of nitrogens with one attached hydrogen (secondary N) is 2. The Bertz CT molecular complexity index is 1220. The Balaban J connectivity index is 2.12. The van der Waals surface area contributed by atoms with E-state index in [2.05, 4.69) is 10.6 Å². The molecule has 0 amide bonds. The van der Waals surface area contributed by atoms with Crippen LogP contribution in [-0.4, -0.2) is 26.4 Å². The van der Waals surface area contributed by atoms with E-state index in [0.717, 1.165) is 0 Å². The Labute approximate surface area is 246 Å². The van der Waals surface area contributed by atoms with Crippen LogP contribution in [-0.2, 0) is 27.2 Å². The van der Waals surface area contributed by atoms with E-state index in [1.165, 1.54) is 0 Å². The molecule has 2 unspecified atom stereocenters. The molecule has 0 heterocycles. The Kier molecular flexibility index (Phi) is 12.6. The molecule has 12 heteroatoms. The maximum absolute atomic E-state index is 14.1. The lowest BCUT2D eigenvalue weighted by Gasteiger charge is -2.31. The molecule has 40 heavy (non-hydrogen) atoms. The van der Waals surface area contributed by atoms with Crippen molar-refractivity contribution in [3.63, 3.8) is 0 Å². The van der Waals surface area contributed by atoms with Crippen LogP contribution in [0.3, 0.4) is 0 Å². The van der Waals surface area contributed by atoms with Crippen LogP contribution >= 0.6 is 38.4 Å². The summed E-state index contributed by atoms with van der Waals surface area (Å²) in [7, 11) is -7.46. The predicted octanol–water partition coefficient (Wildman–Crippen LogP) is 9.75. The number of hydrogen-bond donors (Lipinski definition) is 2. The SMILES string of the molecule is CCOP(=O)(OCC)C(Nc1ccccc1NC(c1cccc(Cl)c1)P(=O)(OCC)OCC)c1cccc(Cl)c1. The van der Waals surface area contributed by atoms with Crippen molar-refractivity contribution < 1.29 is 27.2 Å². The molecule has 3 aromatic carbocycles. The molecule has 218 valence electrons. The third-order valence-corrected chi connectivity index (χ3v) is 10.8. The first-order valence-electron chi connectivity index (χ1n) is 13.1. The molecular weight excluding hydrogens is 593 g/mol. The fraction of sp³-hybridized carbons (Fsp3) is 0.357. The van der Waals surface area contributed by atoms with Gasteiger partial charge in [0.2, 0.25) is 0 Å². The summed E-state index contributed by atoms with van der Waals surface area (Å²) in [5, 5.41) is 7.66. The second kappa shape index (κ2) is 15.4. The minimum Gasteiger partial charge on any atom is -0.366 e. The first-order chi connectivity index (χ1) is 19.2. The molecular formula is C28H36Cl2N2O6P2. The Morgan fingerprint density at radius 2 is 0.950 bits per heavy atom. The van der Waals surface area contributed by atoms with Gasteiger partial charge < -0.3 is 28.7 Å². The molecule has 0 aliphatic carbocycles. The zero-order valence-electron chi connectivity index (χ0n) is 23.0. The second-order valence-electron chi connectivity index (χ2n) is 8.50. The average molecular weight is 629 g/mol. The number of halogens is 2. The maximum Gasteiger partial charge on any atom is 0.357 e. The van der Waals surface area contributed by atoms with Crippen molar-refractivity contribution in [2.75, 3.05) is 37.1 Å². The molecule has 3 rings (SSSR count). The smallest absolute Gasteiger partial charge is 0.357 e. The van der Waals surface area contributed by atoms with E-state index in [1.54, 1.807) is 76.2 Å². The zero-order chi connectivity index (χ0) is 29.2. The Morgan fingerprint density at radius 3 is 1.25 bits per heavy atom. The molecule has 0 radical (unpaired) electrons. The molecule has 0 fully saturated rings. The lowest BCUT2D eigenvalue weighted by molar-refractivity contribution is 0.213. The van der Waals surface area contributed by atoms with E-state index in [1.807, 2.05) is 24.3 Å². The molecule has 2 atom stereocenters. The monoisotopic (exact) mass is 628 g/mol. The van der Waals surface area contributed by atoms with Crippen LogP contribution in [0.25, 0.3) is 0 Å². The van der Waals surface area contributed by atoms with Crippen molar-refractivity contribution in [1.29, 1.82) is 0 Å². The molecule has 0 saturated carbocycles. The van der Waals surface area contributed by atoms with Gasteiger partial charge in [0.1, 0.15) is 0 Å². The summed E-state index contributed by atoms with van der Waals surface area (Å²) in [6, 6.07) is 21.3. The van der Waals surface area contributed by atoms with E-state index in [-0.39, 0.29) is 26.4 Å². The third-order valence-electron chi connectivity index (χ3n) is 5.71. The van der Waals surface area contributed by atoms with Crippen molar-refractivity contribution >= 4 is 49.8 Å². The Morgan fingerprint density at radius 1 is 0.600 bits per heavy atom. The average Bonchev–Trinajstić information content (AvgIpc) is 2.91. The van der Waals surface area contributed by atoms with E-state index in [4.69, 9.17) is 41.3 Å². The highest BCUT2D eigenvalue weighted by Gasteiger charge is 2.40. The molecule has 0 bridgehead atoms. The highest BCUT2D eigenvalue weighted by Crippen LogP contribution is 2.63. The lowest BCUT2D eigenvalue weighted by Crippen LogP contribution is -2.19. The van der Waals surface area contributed by atoms with Crippen LogP contribution in [0.15, 0.2) is 72.8 Å². The molecule has 8 nitrogen and oxygen atoms in total. The molecule has 0 aliphatic heterocycles. The number of hydrogen-bond acceptors (Lipinski definition) is 8. The van der Waals surface area contributed by atoms with Crippen LogP contribution in [0, 0.1) is 0 Å². The largest absolute Gasteiger partial charge is 0.366 e. The normalized spacial score (nSPS) is 13.6. The Hall–Kier alpha value is -1.86. The van der Waals surface area contributed by atoms with Gasteiger partial charge in [0.15, 0.2) is 11.6 Å². The summed E-state index contributed by atoms with van der Waals surface area (Å²) in [4.78, 5) is 0. The summed E-state index contributed by atoms with van der Waals surface area (Å²) >= 11 is 12.6. The van der Waals surface area contributed by atoms with Gasteiger partial charge in [0, 0.05) is 10.0 Å². The van der Waals surface area contributed by atoms with Gasteiger partial charge in [-0.05, 0) is 75.2 Å². The van der Waals surface area contributed by atoms with Gasteiger partial charge in [0.25, 0.3) is 0 Å². The van der Waals surface area contributed by atoms with Crippen molar-refractivity contribution in [2.45, 2.75) is 39.3 Å². The summed E-state index contributed by atoms with van der Waals surface area (Å²) < 4.78 is 51.1. The van der Waals surface area contributed by atoms with E-state index in [0.29, 0.717) is 32.5 Å². The van der Waals surface area contributed by atoms with Crippen LogP contribution in [0.2, 0.25) is 10.0 Å². The highest BCUT2D eigenvalue weighted by molar-refractivity contribution is 7.54. The summed E-state index contributed by atoms with van der Waals surface area (Å²) in [5.41, 5.74) is 2.35. The fourth-order valence-corrected chi connectivity index (χ4v) is 8.39. The predicted molar refractivity (Wildman–Crippen MR) is 164 cm³/mol. The number of anilines is 2.